The van der Waals surface area contributed by atoms with Crippen molar-refractivity contribution in [3.05, 3.63) is 189 Å². The molecule has 0 aliphatic carbocycles. The lowest BCUT2D eigenvalue weighted by atomic mass is 10.1. The molecular weight excluding hydrogens is 789 g/mol. The molecule has 6 aromatic rings. The minimum Gasteiger partial charge on any atom is -0.457 e. The number of nitrogens with zero attached hydrogens (tertiary/aromatic N) is 4. The molecule has 0 aromatic heterocycles. The Balaban J connectivity index is 0.977. The van der Waals surface area contributed by atoms with Crippen LogP contribution in [0.15, 0.2) is 158 Å². The van der Waals surface area contributed by atoms with Gasteiger partial charge in [0, 0.05) is 61.8 Å². The summed E-state index contributed by atoms with van der Waals surface area (Å²) in [6.07, 6.45) is 5.47. The number of unbranched alkanes of at least 4 members (excludes halogenated alkanes) is 5. The molecule has 0 atom stereocenters. The first-order valence-electron chi connectivity index (χ1n) is 20.4. The summed E-state index contributed by atoms with van der Waals surface area (Å²) in [6.45, 7) is 1.91. The summed E-state index contributed by atoms with van der Waals surface area (Å²) < 4.78 is 11.7. The summed E-state index contributed by atoms with van der Waals surface area (Å²) in [7, 11) is 0. The molecule has 2 N–H and O–H groups in total. The van der Waals surface area contributed by atoms with E-state index in [1.54, 1.807) is 34.1 Å². The second-order valence-corrected chi connectivity index (χ2v) is 14.6. The first-order valence-corrected chi connectivity index (χ1v) is 20.4. The van der Waals surface area contributed by atoms with Crippen molar-refractivity contribution in [2.24, 2.45) is 0 Å². The number of ether oxygens (including phenoxy) is 2. The van der Waals surface area contributed by atoms with Crippen molar-refractivity contribution in [3.8, 4) is 23.0 Å². The molecule has 6 rings (SSSR count). The predicted molar refractivity (Wildman–Crippen MR) is 239 cm³/mol. The van der Waals surface area contributed by atoms with Gasteiger partial charge >= 0.3 is 12.1 Å². The van der Waals surface area contributed by atoms with Gasteiger partial charge in [0.1, 0.15) is 23.0 Å². The zero-order valence-electron chi connectivity index (χ0n) is 34.1. The van der Waals surface area contributed by atoms with E-state index in [2.05, 4.69) is 10.6 Å². The molecule has 0 heterocycles. The molecule has 0 saturated heterocycles. The third kappa shape index (κ3) is 13.9. The quantitative estimate of drug-likeness (QED) is 0.0410. The maximum atomic E-state index is 13.5. The number of urea groups is 2. The normalized spacial score (nSPS) is 10.6. The predicted octanol–water partition coefficient (Wildman–Crippen LogP) is 12.2. The lowest BCUT2D eigenvalue weighted by molar-refractivity contribution is -0.385. The third-order valence-electron chi connectivity index (χ3n) is 9.89. The topological polar surface area (TPSA) is 169 Å². The number of nitro groups is 2. The summed E-state index contributed by atoms with van der Waals surface area (Å²) in [6, 6.07) is 45.0. The smallest absolute Gasteiger partial charge is 0.322 e. The number of carbonyl (C=O) groups is 2. The highest BCUT2D eigenvalue weighted by Gasteiger charge is 2.17. The number of nitrogens with one attached hydrogen (secondary N) is 2. The number of nitro benzene ring substituents is 2. The van der Waals surface area contributed by atoms with Crippen LogP contribution in [0.1, 0.15) is 49.7 Å². The van der Waals surface area contributed by atoms with Crippen LogP contribution < -0.4 is 20.1 Å². The van der Waals surface area contributed by atoms with Gasteiger partial charge in [-0.25, -0.2) is 9.59 Å². The van der Waals surface area contributed by atoms with Crippen molar-refractivity contribution >= 4 is 34.8 Å². The zero-order chi connectivity index (χ0) is 43.5. The van der Waals surface area contributed by atoms with Gasteiger partial charge in [-0.1, -0.05) is 86.3 Å². The van der Waals surface area contributed by atoms with E-state index in [-0.39, 0.29) is 23.4 Å². The van der Waals surface area contributed by atoms with E-state index in [9.17, 15) is 29.8 Å². The molecule has 0 spiro atoms. The molecule has 4 amide bonds. The molecule has 0 saturated carbocycles. The van der Waals surface area contributed by atoms with Gasteiger partial charge in [-0.2, -0.15) is 0 Å². The van der Waals surface area contributed by atoms with Gasteiger partial charge in [0.25, 0.3) is 11.4 Å². The average Bonchev–Trinajstić information content (AvgIpc) is 3.28. The Kier molecular flexibility index (Phi) is 16.0. The van der Waals surface area contributed by atoms with Crippen LogP contribution in [-0.2, 0) is 13.1 Å². The first-order chi connectivity index (χ1) is 30.2. The number of rotatable bonds is 21. The standard InChI is InChI=1S/C48H48N6O8/c55-47(49-39-13-7-5-8-14-39)51(35-37-17-25-43(26-18-37)61-45-29-21-41(22-30-45)53(57)58)33-11-3-1-2-4-12-34-52(48(56)50-40-15-9-6-10-16-40)36-38-19-27-44(28-20-38)62-46-31-23-42(24-32-46)54(59)60/h5-10,13-32H,1-4,11-12,33-36H2,(H,49,55)(H,50,56). The summed E-state index contributed by atoms with van der Waals surface area (Å²) >= 11 is 0. The van der Waals surface area contributed by atoms with E-state index in [4.69, 9.17) is 9.47 Å². The second kappa shape index (κ2) is 22.6. The number of non-ortho nitro benzene ring substituents is 2. The molecule has 6 aromatic carbocycles. The van der Waals surface area contributed by atoms with Crippen LogP contribution in [0.2, 0.25) is 0 Å². The Hall–Kier alpha value is -7.74. The lowest BCUT2D eigenvalue weighted by Crippen LogP contribution is -2.35. The SMILES string of the molecule is O=C(Nc1ccccc1)N(CCCCCCCCN(Cc1ccc(Oc2ccc([N+](=O)[O-])cc2)cc1)C(=O)Nc1ccccc1)Cc1ccc(Oc2ccc([N+](=O)[O-])cc2)cc1. The second-order valence-electron chi connectivity index (χ2n) is 14.6. The van der Waals surface area contributed by atoms with Gasteiger partial charge in [0.2, 0.25) is 0 Å². The van der Waals surface area contributed by atoms with Crippen molar-refractivity contribution in [2.75, 3.05) is 23.7 Å². The van der Waals surface area contributed by atoms with Gasteiger partial charge in [0.05, 0.1) is 9.85 Å². The van der Waals surface area contributed by atoms with Gasteiger partial charge < -0.3 is 29.9 Å². The van der Waals surface area contributed by atoms with E-state index in [1.165, 1.54) is 24.3 Å². The first kappa shape index (κ1) is 43.8. The molecule has 14 heteroatoms. The number of anilines is 2. The van der Waals surface area contributed by atoms with Crippen LogP contribution in [-0.4, -0.2) is 44.8 Å². The van der Waals surface area contributed by atoms with Gasteiger partial charge in [-0.3, -0.25) is 20.2 Å². The largest absolute Gasteiger partial charge is 0.457 e. The van der Waals surface area contributed by atoms with Crippen LogP contribution in [0.5, 0.6) is 23.0 Å². The van der Waals surface area contributed by atoms with Gasteiger partial charge in [-0.15, -0.1) is 0 Å². The van der Waals surface area contributed by atoms with E-state index in [0.29, 0.717) is 60.6 Å². The van der Waals surface area contributed by atoms with Crippen molar-refractivity contribution < 1.29 is 28.9 Å². The number of para-hydroxylation sites is 2. The maximum Gasteiger partial charge on any atom is 0.322 e. The van der Waals surface area contributed by atoms with Crippen LogP contribution in [0.25, 0.3) is 0 Å². The summed E-state index contributed by atoms with van der Waals surface area (Å²) in [5.41, 5.74) is 3.26. The summed E-state index contributed by atoms with van der Waals surface area (Å²) in [5.74, 6) is 2.11. The molecule has 0 radical (unpaired) electrons. The molecule has 62 heavy (non-hydrogen) atoms. The van der Waals surface area contributed by atoms with E-state index in [0.717, 1.165) is 49.7 Å². The zero-order valence-corrected chi connectivity index (χ0v) is 34.1. The maximum absolute atomic E-state index is 13.5. The van der Waals surface area contributed by atoms with Crippen LogP contribution in [0, 0.1) is 20.2 Å². The van der Waals surface area contributed by atoms with Gasteiger partial charge in [-0.05, 0) is 96.8 Å². The van der Waals surface area contributed by atoms with Gasteiger partial charge in [0.15, 0.2) is 0 Å². The molecule has 0 aliphatic heterocycles. The highest BCUT2D eigenvalue weighted by Crippen LogP contribution is 2.26. The van der Waals surface area contributed by atoms with Crippen molar-refractivity contribution in [1.29, 1.82) is 0 Å². The lowest BCUT2D eigenvalue weighted by Gasteiger charge is -2.24. The van der Waals surface area contributed by atoms with E-state index >= 15 is 0 Å². The molecule has 14 nitrogen and oxygen atoms in total. The Morgan fingerprint density at radius 3 is 1.06 bits per heavy atom. The summed E-state index contributed by atoms with van der Waals surface area (Å²) in [5, 5.41) is 28.0. The number of amides is 4. The minimum atomic E-state index is -0.457. The fraction of sp³-hybridized carbons (Fsp3) is 0.208. The minimum absolute atomic E-state index is 0.0118. The average molecular weight is 837 g/mol. The number of benzene rings is 6. The van der Waals surface area contributed by atoms with Crippen LogP contribution in [0.3, 0.4) is 0 Å². The van der Waals surface area contributed by atoms with Crippen molar-refractivity contribution in [2.45, 2.75) is 51.6 Å². The van der Waals surface area contributed by atoms with Crippen molar-refractivity contribution in [3.63, 3.8) is 0 Å². The molecule has 0 fully saturated rings. The highest BCUT2D eigenvalue weighted by molar-refractivity contribution is 5.89. The van der Waals surface area contributed by atoms with Crippen LogP contribution >= 0.6 is 0 Å². The Morgan fingerprint density at radius 2 is 0.742 bits per heavy atom. The monoisotopic (exact) mass is 836 g/mol. The Labute approximate surface area is 360 Å². The fourth-order valence-electron chi connectivity index (χ4n) is 6.58. The molecule has 318 valence electrons. The number of carbonyl (C=O) groups excluding carboxylic acids is 2. The Morgan fingerprint density at radius 1 is 0.435 bits per heavy atom. The molecule has 0 aliphatic rings. The molecule has 0 unspecified atom stereocenters. The van der Waals surface area contributed by atoms with Crippen LogP contribution in [0.4, 0.5) is 32.3 Å². The third-order valence-corrected chi connectivity index (χ3v) is 9.89. The van der Waals surface area contributed by atoms with E-state index < -0.39 is 9.85 Å². The summed E-state index contributed by atoms with van der Waals surface area (Å²) in [4.78, 5) is 51.6. The molecular formula is C48H48N6O8. The Bertz CT molecular complexity index is 2180. The fourth-order valence-corrected chi connectivity index (χ4v) is 6.58. The van der Waals surface area contributed by atoms with E-state index in [1.807, 2.05) is 109 Å². The molecule has 0 bridgehead atoms. The van der Waals surface area contributed by atoms with Crippen molar-refractivity contribution in [1.82, 2.24) is 9.80 Å². The number of hydrogen-bond donors (Lipinski definition) is 2. The number of hydrogen-bond acceptors (Lipinski definition) is 8. The highest BCUT2D eigenvalue weighted by atomic mass is 16.6.